The molecule has 0 saturated carbocycles. The highest BCUT2D eigenvalue weighted by molar-refractivity contribution is 7.14. The number of hydrogen-bond donors (Lipinski definition) is 1. The Morgan fingerprint density at radius 2 is 1.95 bits per heavy atom. The van der Waals surface area contributed by atoms with Crippen LogP contribution < -0.4 is 0 Å². The van der Waals surface area contributed by atoms with Crippen LogP contribution in [-0.2, 0) is 17.4 Å². The fourth-order valence-electron chi connectivity index (χ4n) is 5.65. The van der Waals surface area contributed by atoms with Crippen LogP contribution in [0.3, 0.4) is 0 Å². The van der Waals surface area contributed by atoms with E-state index in [2.05, 4.69) is 19.3 Å². The molecule has 1 atom stereocenters. The molecule has 1 unspecified atom stereocenters. The topological polar surface area (TPSA) is 90.9 Å². The van der Waals surface area contributed by atoms with Gasteiger partial charge in [-0.15, -0.1) is 5.10 Å². The molecule has 0 amide bonds. The van der Waals surface area contributed by atoms with Crippen molar-refractivity contribution < 1.29 is 18.6 Å². The number of aliphatic hydroxyl groups is 1. The van der Waals surface area contributed by atoms with Crippen LogP contribution in [-0.4, -0.2) is 47.2 Å². The highest BCUT2D eigenvalue weighted by Crippen LogP contribution is 2.45. The summed E-state index contributed by atoms with van der Waals surface area (Å²) in [7, 11) is 1.83. The second-order valence-corrected chi connectivity index (χ2v) is 11.2. The summed E-state index contributed by atoms with van der Waals surface area (Å²) in [5, 5.41) is 19.4. The van der Waals surface area contributed by atoms with Crippen LogP contribution in [0.15, 0.2) is 30.5 Å². The van der Waals surface area contributed by atoms with Crippen molar-refractivity contribution in [2.45, 2.75) is 45.3 Å². The molecule has 1 aliphatic rings. The molecule has 5 heterocycles. The van der Waals surface area contributed by atoms with Gasteiger partial charge in [-0.25, -0.2) is 13.5 Å². The van der Waals surface area contributed by atoms with Gasteiger partial charge in [-0.3, -0.25) is 4.98 Å². The van der Waals surface area contributed by atoms with Crippen LogP contribution in [0.4, 0.5) is 8.78 Å². The summed E-state index contributed by atoms with van der Waals surface area (Å²) in [4.78, 5) is 4.84. The van der Waals surface area contributed by atoms with Crippen molar-refractivity contribution in [3.8, 4) is 11.3 Å². The van der Waals surface area contributed by atoms with Crippen molar-refractivity contribution in [1.29, 1.82) is 0 Å². The number of ether oxygens (including phenoxy) is 1. The second kappa shape index (κ2) is 9.18. The summed E-state index contributed by atoms with van der Waals surface area (Å²) in [6.45, 7) is 6.37. The van der Waals surface area contributed by atoms with Gasteiger partial charge in [0.05, 0.1) is 33.2 Å². The normalized spacial score (nSPS) is 16.1. The van der Waals surface area contributed by atoms with Gasteiger partial charge in [0.2, 0.25) is 0 Å². The van der Waals surface area contributed by atoms with Crippen molar-refractivity contribution in [1.82, 2.24) is 28.9 Å². The highest BCUT2D eigenvalue weighted by Gasteiger charge is 2.36. The molecular formula is C27H28F2N6O2S. The molecule has 0 spiro atoms. The molecule has 6 rings (SSSR count). The van der Waals surface area contributed by atoms with Gasteiger partial charge in [0, 0.05) is 43.7 Å². The second-order valence-electron chi connectivity index (χ2n) is 10.4. The Hall–Kier alpha value is -3.28. The van der Waals surface area contributed by atoms with Crippen molar-refractivity contribution >= 4 is 32.8 Å². The van der Waals surface area contributed by atoms with Gasteiger partial charge in [-0.2, -0.15) is 4.37 Å². The van der Waals surface area contributed by atoms with Crippen LogP contribution in [0.25, 0.3) is 32.5 Å². The predicted octanol–water partition coefficient (Wildman–Crippen LogP) is 5.27. The van der Waals surface area contributed by atoms with E-state index in [-0.39, 0.29) is 5.92 Å². The largest absolute Gasteiger partial charge is 0.384 e. The Morgan fingerprint density at radius 3 is 2.61 bits per heavy atom. The smallest absolute Gasteiger partial charge is 0.131 e. The van der Waals surface area contributed by atoms with E-state index >= 15 is 4.39 Å². The molecule has 8 nitrogen and oxygen atoms in total. The average molecular weight is 539 g/mol. The van der Waals surface area contributed by atoms with E-state index in [4.69, 9.17) is 9.72 Å². The molecule has 0 aliphatic carbocycles. The van der Waals surface area contributed by atoms with Crippen molar-refractivity contribution in [2.24, 2.45) is 13.0 Å². The number of halogens is 2. The fourth-order valence-corrected chi connectivity index (χ4v) is 6.67. The number of aromatic nitrogens is 6. The molecule has 1 aromatic carbocycles. The maximum absolute atomic E-state index is 15.5. The minimum Gasteiger partial charge on any atom is -0.384 e. The molecule has 1 aliphatic heterocycles. The quantitative estimate of drug-likeness (QED) is 0.328. The first-order chi connectivity index (χ1) is 18.1. The number of fused-ring (bicyclic) bond motifs is 3. The van der Waals surface area contributed by atoms with E-state index in [0.29, 0.717) is 48.3 Å². The maximum atomic E-state index is 15.5. The number of rotatable bonds is 5. The van der Waals surface area contributed by atoms with Gasteiger partial charge >= 0.3 is 0 Å². The van der Waals surface area contributed by atoms with E-state index in [1.807, 2.05) is 20.0 Å². The Kier molecular flexibility index (Phi) is 6.04. The third-order valence-electron chi connectivity index (χ3n) is 7.37. The lowest BCUT2D eigenvalue weighted by atomic mass is 9.86. The highest BCUT2D eigenvalue weighted by atomic mass is 32.1. The zero-order valence-corrected chi connectivity index (χ0v) is 22.4. The summed E-state index contributed by atoms with van der Waals surface area (Å²) in [5.74, 6) is -1.24. The molecule has 0 radical (unpaired) electrons. The molecule has 0 bridgehead atoms. The van der Waals surface area contributed by atoms with Crippen LogP contribution in [0.2, 0.25) is 0 Å². The minimum absolute atomic E-state index is 0.000767. The van der Waals surface area contributed by atoms with E-state index < -0.39 is 23.3 Å². The van der Waals surface area contributed by atoms with Crippen LogP contribution >= 0.6 is 11.5 Å². The number of benzene rings is 1. The SMILES string of the molecule is Cc1nnn(C)c1-c1cnc2c3snc(C(C)(C)O)c3n(C(c3ccc(F)cc3F)C3CCOCC3)c2c1. The first kappa shape index (κ1) is 25.0. The Bertz CT molecular complexity index is 1640. The van der Waals surface area contributed by atoms with Gasteiger partial charge in [0.15, 0.2) is 0 Å². The summed E-state index contributed by atoms with van der Waals surface area (Å²) in [5.41, 5.74) is 4.23. The first-order valence-corrected chi connectivity index (χ1v) is 13.3. The Labute approximate surface area is 222 Å². The molecule has 1 N–H and O–H groups in total. The lowest BCUT2D eigenvalue weighted by Gasteiger charge is -2.33. The average Bonchev–Trinajstić information content (AvgIpc) is 3.54. The molecule has 38 heavy (non-hydrogen) atoms. The van der Waals surface area contributed by atoms with Crippen LogP contribution in [0, 0.1) is 24.5 Å². The number of aryl methyl sites for hydroxylation is 2. The lowest BCUT2D eigenvalue weighted by molar-refractivity contribution is 0.0543. The molecule has 5 aromatic rings. The Morgan fingerprint density at radius 1 is 1.18 bits per heavy atom. The van der Waals surface area contributed by atoms with Gasteiger partial charge in [-0.1, -0.05) is 11.3 Å². The van der Waals surface area contributed by atoms with Crippen molar-refractivity contribution in [3.05, 3.63) is 59.0 Å². The van der Waals surface area contributed by atoms with E-state index in [9.17, 15) is 9.50 Å². The van der Waals surface area contributed by atoms with Crippen molar-refractivity contribution in [2.75, 3.05) is 13.2 Å². The molecular weight excluding hydrogens is 510 g/mol. The van der Waals surface area contributed by atoms with E-state index in [0.717, 1.165) is 33.2 Å². The summed E-state index contributed by atoms with van der Waals surface area (Å²) >= 11 is 1.26. The summed E-state index contributed by atoms with van der Waals surface area (Å²) < 4.78 is 44.4. The van der Waals surface area contributed by atoms with Crippen LogP contribution in [0.5, 0.6) is 0 Å². The number of hydrogen-bond acceptors (Lipinski definition) is 7. The van der Waals surface area contributed by atoms with Gasteiger partial charge in [0.1, 0.15) is 28.4 Å². The zero-order valence-electron chi connectivity index (χ0n) is 21.6. The molecule has 4 aromatic heterocycles. The molecule has 1 fully saturated rings. The van der Waals surface area contributed by atoms with E-state index in [1.54, 1.807) is 24.7 Å². The van der Waals surface area contributed by atoms with Crippen LogP contribution in [0.1, 0.15) is 49.7 Å². The molecule has 1 saturated heterocycles. The standard InChI is InChI=1S/C27H28F2N6O2S/c1-14-22(34(4)33-31-14)16-11-20-21(30-13-16)25-24(26(32-38-25)27(2,3)36)35(20)23(15-7-9-37-10-8-15)18-6-5-17(28)12-19(18)29/h5-6,11-13,15,23,36H,7-10H2,1-4H3. The molecule has 11 heteroatoms. The molecule has 198 valence electrons. The zero-order chi connectivity index (χ0) is 26.8. The number of nitrogens with zero attached hydrogens (tertiary/aromatic N) is 6. The summed E-state index contributed by atoms with van der Waals surface area (Å²) in [6, 6.07) is 5.27. The maximum Gasteiger partial charge on any atom is 0.131 e. The lowest BCUT2D eigenvalue weighted by Crippen LogP contribution is -2.28. The van der Waals surface area contributed by atoms with Gasteiger partial charge in [-0.05, 0) is 63.2 Å². The minimum atomic E-state index is -1.25. The van der Waals surface area contributed by atoms with Gasteiger partial charge < -0.3 is 14.4 Å². The number of pyridine rings is 1. The van der Waals surface area contributed by atoms with Crippen molar-refractivity contribution in [3.63, 3.8) is 0 Å². The predicted molar refractivity (Wildman–Crippen MR) is 141 cm³/mol. The monoisotopic (exact) mass is 538 g/mol. The fraction of sp³-hybridized carbons (Fsp3) is 0.407. The summed E-state index contributed by atoms with van der Waals surface area (Å²) in [6.07, 6.45) is 3.19. The third-order valence-corrected chi connectivity index (χ3v) is 8.21. The van der Waals surface area contributed by atoms with E-state index in [1.165, 1.54) is 23.7 Å². The van der Waals surface area contributed by atoms with Gasteiger partial charge in [0.25, 0.3) is 0 Å². The Balaban J connectivity index is 1.72. The third kappa shape index (κ3) is 4.00. The first-order valence-electron chi connectivity index (χ1n) is 12.6.